The van der Waals surface area contributed by atoms with Crippen molar-refractivity contribution < 1.29 is 14.3 Å². The number of hydrogen-bond donors (Lipinski definition) is 1. The Morgan fingerprint density at radius 1 is 1.20 bits per heavy atom. The predicted octanol–water partition coefficient (Wildman–Crippen LogP) is 3.52. The molecule has 0 spiro atoms. The molecular formula is C20H28N2O3. The van der Waals surface area contributed by atoms with Crippen LogP contribution in [0.2, 0.25) is 0 Å². The third kappa shape index (κ3) is 4.60. The summed E-state index contributed by atoms with van der Waals surface area (Å²) in [7, 11) is 1.53. The Labute approximate surface area is 149 Å². The van der Waals surface area contributed by atoms with Gasteiger partial charge in [-0.05, 0) is 49.3 Å². The molecule has 1 N–H and O–H groups in total. The fourth-order valence-electron chi connectivity index (χ4n) is 3.98. The molecule has 0 saturated heterocycles. The average molecular weight is 344 g/mol. The molecule has 0 aromatic heterocycles. The van der Waals surface area contributed by atoms with Crippen LogP contribution in [0.1, 0.15) is 50.5 Å². The van der Waals surface area contributed by atoms with Crippen LogP contribution >= 0.6 is 0 Å². The number of methoxy groups -OCH3 is 1. The van der Waals surface area contributed by atoms with Gasteiger partial charge in [-0.1, -0.05) is 25.3 Å². The predicted molar refractivity (Wildman–Crippen MR) is 98.8 cm³/mol. The standard InChI is InChI=1S/C20H28N2O3/c1-25-14-20(24)22-11-5-8-16-9-10-17(13-18(16)22)21-19(23)12-15-6-3-2-4-7-15/h9-10,13,15H,2-8,11-12,14H2,1H3,(H,21,23). The van der Waals surface area contributed by atoms with Gasteiger partial charge in [0.1, 0.15) is 6.61 Å². The highest BCUT2D eigenvalue weighted by Gasteiger charge is 2.23. The van der Waals surface area contributed by atoms with Crippen molar-refractivity contribution in [2.75, 3.05) is 30.5 Å². The van der Waals surface area contributed by atoms with Crippen molar-refractivity contribution in [2.24, 2.45) is 5.92 Å². The van der Waals surface area contributed by atoms with Crippen molar-refractivity contribution in [3.63, 3.8) is 0 Å². The van der Waals surface area contributed by atoms with Crippen LogP contribution in [0.3, 0.4) is 0 Å². The van der Waals surface area contributed by atoms with E-state index in [1.165, 1.54) is 26.4 Å². The highest BCUT2D eigenvalue weighted by molar-refractivity contribution is 5.97. The number of ether oxygens (including phenoxy) is 1. The summed E-state index contributed by atoms with van der Waals surface area (Å²) < 4.78 is 4.99. The molecule has 2 aliphatic rings. The Morgan fingerprint density at radius 3 is 2.76 bits per heavy atom. The Hall–Kier alpha value is -1.88. The SMILES string of the molecule is COCC(=O)N1CCCc2ccc(NC(=O)CC3CCCCC3)cc21. The van der Waals surface area contributed by atoms with Gasteiger partial charge in [0.25, 0.3) is 5.91 Å². The van der Waals surface area contributed by atoms with Crippen LogP contribution in [0.15, 0.2) is 18.2 Å². The summed E-state index contributed by atoms with van der Waals surface area (Å²) >= 11 is 0. The number of anilines is 2. The van der Waals surface area contributed by atoms with Gasteiger partial charge in [0.2, 0.25) is 5.91 Å². The number of fused-ring (bicyclic) bond motifs is 1. The first-order chi connectivity index (χ1) is 12.2. The number of benzene rings is 1. The fourth-order valence-corrected chi connectivity index (χ4v) is 3.98. The summed E-state index contributed by atoms with van der Waals surface area (Å²) in [5.41, 5.74) is 2.83. The maximum absolute atomic E-state index is 12.4. The second-order valence-corrected chi connectivity index (χ2v) is 7.18. The Balaban J connectivity index is 1.67. The van der Waals surface area contributed by atoms with Crippen LogP contribution < -0.4 is 10.2 Å². The molecule has 0 radical (unpaired) electrons. The molecule has 1 aromatic rings. The minimum absolute atomic E-state index is 0.0332. The van der Waals surface area contributed by atoms with Crippen LogP contribution in [0, 0.1) is 5.92 Å². The van der Waals surface area contributed by atoms with Gasteiger partial charge in [0, 0.05) is 31.5 Å². The van der Waals surface area contributed by atoms with Crippen molar-refractivity contribution in [1.29, 1.82) is 0 Å². The molecule has 1 heterocycles. The maximum atomic E-state index is 12.4. The number of hydrogen-bond acceptors (Lipinski definition) is 3. The van der Waals surface area contributed by atoms with E-state index < -0.39 is 0 Å². The molecule has 25 heavy (non-hydrogen) atoms. The van der Waals surface area contributed by atoms with E-state index in [0.717, 1.165) is 42.6 Å². The highest BCUT2D eigenvalue weighted by Crippen LogP contribution is 2.31. The molecule has 0 unspecified atom stereocenters. The number of carbonyl (C=O) groups excluding carboxylic acids is 2. The minimum Gasteiger partial charge on any atom is -0.375 e. The zero-order chi connectivity index (χ0) is 17.6. The molecule has 1 aliphatic carbocycles. The lowest BCUT2D eigenvalue weighted by atomic mass is 9.87. The second kappa shape index (κ2) is 8.48. The van der Waals surface area contributed by atoms with Crippen molar-refractivity contribution in [2.45, 2.75) is 51.4 Å². The maximum Gasteiger partial charge on any atom is 0.252 e. The third-order valence-electron chi connectivity index (χ3n) is 5.26. The van der Waals surface area contributed by atoms with Crippen LogP contribution in [0.5, 0.6) is 0 Å². The van der Waals surface area contributed by atoms with Crippen LogP contribution in [0.4, 0.5) is 11.4 Å². The van der Waals surface area contributed by atoms with Gasteiger partial charge in [0.15, 0.2) is 0 Å². The van der Waals surface area contributed by atoms with Crippen LogP contribution in [0.25, 0.3) is 0 Å². The lowest BCUT2D eigenvalue weighted by molar-refractivity contribution is -0.122. The zero-order valence-corrected chi connectivity index (χ0v) is 15.1. The Kier molecular flexibility index (Phi) is 6.08. The number of rotatable bonds is 5. The fraction of sp³-hybridized carbons (Fsp3) is 0.600. The molecule has 1 fully saturated rings. The summed E-state index contributed by atoms with van der Waals surface area (Å²) in [5, 5.41) is 3.02. The molecule has 2 amide bonds. The summed E-state index contributed by atoms with van der Waals surface area (Å²) in [4.78, 5) is 26.4. The Bertz CT molecular complexity index is 623. The molecule has 0 bridgehead atoms. The van der Waals surface area contributed by atoms with Gasteiger partial charge >= 0.3 is 0 Å². The lowest BCUT2D eigenvalue weighted by Gasteiger charge is -2.30. The molecule has 136 valence electrons. The Morgan fingerprint density at radius 2 is 2.00 bits per heavy atom. The van der Waals surface area contributed by atoms with Crippen LogP contribution in [-0.4, -0.2) is 32.1 Å². The van der Waals surface area contributed by atoms with Gasteiger partial charge in [-0.3, -0.25) is 9.59 Å². The normalized spacial score (nSPS) is 17.9. The van der Waals surface area contributed by atoms with Gasteiger partial charge in [-0.25, -0.2) is 0 Å². The van der Waals surface area contributed by atoms with Crippen molar-refractivity contribution in [1.82, 2.24) is 0 Å². The van der Waals surface area contributed by atoms with Crippen molar-refractivity contribution in [3.8, 4) is 0 Å². The molecule has 1 saturated carbocycles. The first-order valence-corrected chi connectivity index (χ1v) is 9.39. The van der Waals surface area contributed by atoms with Crippen LogP contribution in [-0.2, 0) is 20.7 Å². The summed E-state index contributed by atoms with van der Waals surface area (Å²) in [6.07, 6.45) is 8.63. The molecule has 0 atom stereocenters. The quantitative estimate of drug-likeness (QED) is 0.889. The summed E-state index contributed by atoms with van der Waals surface area (Å²) in [6, 6.07) is 5.90. The number of aryl methyl sites for hydroxylation is 1. The van der Waals surface area contributed by atoms with Gasteiger partial charge in [-0.15, -0.1) is 0 Å². The number of nitrogens with zero attached hydrogens (tertiary/aromatic N) is 1. The van der Waals surface area contributed by atoms with Gasteiger partial charge in [-0.2, -0.15) is 0 Å². The van der Waals surface area contributed by atoms with E-state index in [4.69, 9.17) is 4.74 Å². The van der Waals surface area contributed by atoms with E-state index in [-0.39, 0.29) is 18.4 Å². The average Bonchev–Trinajstić information content (AvgIpc) is 2.62. The first kappa shape index (κ1) is 17.9. The largest absolute Gasteiger partial charge is 0.375 e. The van der Waals surface area contributed by atoms with E-state index in [9.17, 15) is 9.59 Å². The lowest BCUT2D eigenvalue weighted by Crippen LogP contribution is -2.37. The van der Waals surface area contributed by atoms with E-state index in [1.54, 1.807) is 4.90 Å². The number of amides is 2. The molecule has 5 heteroatoms. The third-order valence-corrected chi connectivity index (χ3v) is 5.26. The molecule has 1 aliphatic heterocycles. The van der Waals surface area contributed by atoms with Gasteiger partial charge in [0.05, 0.1) is 0 Å². The first-order valence-electron chi connectivity index (χ1n) is 9.39. The number of carbonyl (C=O) groups is 2. The molecule has 3 rings (SSSR count). The molecule has 5 nitrogen and oxygen atoms in total. The van der Waals surface area contributed by atoms with Crippen molar-refractivity contribution >= 4 is 23.2 Å². The van der Waals surface area contributed by atoms with E-state index >= 15 is 0 Å². The van der Waals surface area contributed by atoms with Crippen molar-refractivity contribution in [3.05, 3.63) is 23.8 Å². The smallest absolute Gasteiger partial charge is 0.252 e. The molecular weight excluding hydrogens is 316 g/mol. The van der Waals surface area contributed by atoms with E-state index in [1.807, 2.05) is 18.2 Å². The topological polar surface area (TPSA) is 58.6 Å². The van der Waals surface area contributed by atoms with Gasteiger partial charge < -0.3 is 15.0 Å². The zero-order valence-electron chi connectivity index (χ0n) is 15.1. The number of nitrogens with one attached hydrogen (secondary N) is 1. The monoisotopic (exact) mass is 344 g/mol. The molecule has 1 aromatic carbocycles. The second-order valence-electron chi connectivity index (χ2n) is 7.18. The summed E-state index contributed by atoms with van der Waals surface area (Å²) in [6.45, 7) is 0.784. The van der Waals surface area contributed by atoms with E-state index in [2.05, 4.69) is 5.32 Å². The van der Waals surface area contributed by atoms with E-state index in [0.29, 0.717) is 18.9 Å². The minimum atomic E-state index is -0.0332. The summed E-state index contributed by atoms with van der Waals surface area (Å²) in [5.74, 6) is 0.567. The highest BCUT2D eigenvalue weighted by atomic mass is 16.5.